The number of rotatable bonds is 6. The lowest BCUT2D eigenvalue weighted by Crippen LogP contribution is -2.15. The molecule has 3 rings (SSSR count). The zero-order valence-electron chi connectivity index (χ0n) is 14.0. The molecule has 1 aliphatic carbocycles. The van der Waals surface area contributed by atoms with E-state index < -0.39 is 11.7 Å². The lowest BCUT2D eigenvalue weighted by molar-refractivity contribution is -0.137. The highest BCUT2D eigenvalue weighted by atomic mass is 19.4. The second-order valence-corrected chi connectivity index (χ2v) is 6.38. The van der Waals surface area contributed by atoms with Crippen LogP contribution in [0.25, 0.3) is 11.3 Å². The van der Waals surface area contributed by atoms with Gasteiger partial charge in [0.1, 0.15) is 11.5 Å². The van der Waals surface area contributed by atoms with Gasteiger partial charge in [0.2, 0.25) is 0 Å². The van der Waals surface area contributed by atoms with Crippen molar-refractivity contribution in [3.05, 3.63) is 59.4 Å². The molecule has 0 atom stereocenters. The first-order valence-corrected chi connectivity index (χ1v) is 8.67. The number of halogens is 3. The van der Waals surface area contributed by atoms with Gasteiger partial charge in [0, 0.05) is 5.56 Å². The highest BCUT2D eigenvalue weighted by Gasteiger charge is 2.30. The lowest BCUT2D eigenvalue weighted by Gasteiger charge is -2.12. The summed E-state index contributed by atoms with van der Waals surface area (Å²) in [5.74, 6) is 1.18. The van der Waals surface area contributed by atoms with E-state index in [1.807, 2.05) is 6.07 Å². The Balaban J connectivity index is 1.54. The van der Waals surface area contributed by atoms with Gasteiger partial charge in [-0.25, -0.2) is 0 Å². The van der Waals surface area contributed by atoms with Gasteiger partial charge in [-0.15, -0.1) is 0 Å². The van der Waals surface area contributed by atoms with Crippen molar-refractivity contribution in [2.75, 3.05) is 6.54 Å². The maximum atomic E-state index is 12.8. The minimum absolute atomic E-state index is 0.438. The van der Waals surface area contributed by atoms with E-state index in [0.717, 1.165) is 30.9 Å². The van der Waals surface area contributed by atoms with Crippen LogP contribution in [0, 0.1) is 0 Å². The molecule has 0 bridgehead atoms. The molecule has 25 heavy (non-hydrogen) atoms. The molecular formula is C20H22F3NO. The van der Waals surface area contributed by atoms with Gasteiger partial charge in [-0.3, -0.25) is 0 Å². The first kappa shape index (κ1) is 17.8. The van der Waals surface area contributed by atoms with Crippen molar-refractivity contribution in [3.8, 4) is 11.3 Å². The fourth-order valence-electron chi connectivity index (χ4n) is 3.07. The number of hydrogen-bond donors (Lipinski definition) is 1. The fourth-order valence-corrected chi connectivity index (χ4v) is 3.07. The van der Waals surface area contributed by atoms with Gasteiger partial charge in [-0.05, 0) is 62.9 Å². The molecule has 1 N–H and O–H groups in total. The second-order valence-electron chi connectivity index (χ2n) is 6.38. The predicted octanol–water partition coefficient (Wildman–Crippen LogP) is 5.95. The van der Waals surface area contributed by atoms with E-state index in [0.29, 0.717) is 17.9 Å². The second kappa shape index (κ2) is 7.91. The largest absolute Gasteiger partial charge is 0.460 e. The Morgan fingerprint density at radius 2 is 1.96 bits per heavy atom. The minimum Gasteiger partial charge on any atom is -0.460 e. The number of alkyl halides is 3. The molecule has 1 aromatic heterocycles. The number of nitrogens with one attached hydrogen (secondary N) is 1. The summed E-state index contributed by atoms with van der Waals surface area (Å²) < 4.78 is 44.1. The van der Waals surface area contributed by atoms with Crippen LogP contribution in [0.15, 0.2) is 52.5 Å². The summed E-state index contributed by atoms with van der Waals surface area (Å²) in [6.45, 7) is 1.46. The Labute approximate surface area is 145 Å². The highest BCUT2D eigenvalue weighted by Crippen LogP contribution is 2.32. The third-order valence-electron chi connectivity index (χ3n) is 4.44. The molecule has 0 amide bonds. The third-order valence-corrected chi connectivity index (χ3v) is 4.44. The molecule has 2 aromatic rings. The highest BCUT2D eigenvalue weighted by molar-refractivity contribution is 5.58. The van der Waals surface area contributed by atoms with Crippen molar-refractivity contribution in [2.45, 2.75) is 44.8 Å². The van der Waals surface area contributed by atoms with Crippen molar-refractivity contribution >= 4 is 0 Å². The molecule has 0 fully saturated rings. The van der Waals surface area contributed by atoms with Crippen molar-refractivity contribution < 1.29 is 17.6 Å². The number of furan rings is 1. The summed E-state index contributed by atoms with van der Waals surface area (Å²) in [6.07, 6.45) is 3.99. The van der Waals surface area contributed by atoms with E-state index in [4.69, 9.17) is 4.42 Å². The zero-order valence-corrected chi connectivity index (χ0v) is 14.0. The van der Waals surface area contributed by atoms with E-state index in [9.17, 15) is 13.2 Å². The first-order valence-electron chi connectivity index (χ1n) is 8.67. The van der Waals surface area contributed by atoms with E-state index >= 15 is 0 Å². The zero-order chi connectivity index (χ0) is 17.7. The first-order chi connectivity index (χ1) is 12.0. The van der Waals surface area contributed by atoms with Crippen molar-refractivity contribution in [2.24, 2.45) is 0 Å². The maximum absolute atomic E-state index is 12.8. The quantitative estimate of drug-likeness (QED) is 0.515. The SMILES string of the molecule is FC(F)(F)c1cccc(-c2ccc(CNCCC3=CCCCC3)o2)c1. The molecule has 0 unspecified atom stereocenters. The van der Waals surface area contributed by atoms with Crippen LogP contribution in [0.4, 0.5) is 13.2 Å². The standard InChI is InChI=1S/C20H22F3NO/c21-20(22,23)17-8-4-7-16(13-17)19-10-9-18(25-19)14-24-12-11-15-5-2-1-3-6-15/h4-5,7-10,13,24H,1-3,6,11-12,14H2. The van der Waals surface area contributed by atoms with Crippen LogP contribution in [0.2, 0.25) is 0 Å². The van der Waals surface area contributed by atoms with E-state index in [1.165, 1.54) is 37.3 Å². The van der Waals surface area contributed by atoms with Gasteiger partial charge in [-0.2, -0.15) is 13.2 Å². The normalized spacial score (nSPS) is 15.2. The molecule has 0 radical (unpaired) electrons. The minimum atomic E-state index is -4.35. The average molecular weight is 349 g/mol. The molecule has 1 aliphatic rings. The van der Waals surface area contributed by atoms with Crippen molar-refractivity contribution in [1.29, 1.82) is 0 Å². The average Bonchev–Trinajstić information content (AvgIpc) is 3.08. The number of allylic oxidation sites excluding steroid dienone is 1. The van der Waals surface area contributed by atoms with Crippen molar-refractivity contribution in [1.82, 2.24) is 5.32 Å². The Hall–Kier alpha value is -2.01. The summed E-state index contributed by atoms with van der Waals surface area (Å²) >= 11 is 0. The molecule has 5 heteroatoms. The smallest absolute Gasteiger partial charge is 0.416 e. The van der Waals surface area contributed by atoms with Gasteiger partial charge >= 0.3 is 6.18 Å². The molecule has 2 nitrogen and oxygen atoms in total. The fraction of sp³-hybridized carbons (Fsp3) is 0.400. The Morgan fingerprint density at radius 1 is 1.08 bits per heavy atom. The van der Waals surface area contributed by atoms with Gasteiger partial charge in [-0.1, -0.05) is 23.8 Å². The Morgan fingerprint density at radius 3 is 2.72 bits per heavy atom. The Kier molecular flexibility index (Phi) is 5.63. The summed E-state index contributed by atoms with van der Waals surface area (Å²) in [5.41, 5.74) is 1.29. The van der Waals surface area contributed by atoms with Crippen LogP contribution in [-0.2, 0) is 12.7 Å². The van der Waals surface area contributed by atoms with Crippen LogP contribution < -0.4 is 5.32 Å². The molecule has 0 aliphatic heterocycles. The molecule has 0 saturated carbocycles. The lowest BCUT2D eigenvalue weighted by atomic mass is 9.97. The van der Waals surface area contributed by atoms with E-state index in [1.54, 1.807) is 12.1 Å². The number of benzene rings is 1. The monoisotopic (exact) mass is 349 g/mol. The third kappa shape index (κ3) is 4.98. The van der Waals surface area contributed by atoms with Crippen LogP contribution in [0.1, 0.15) is 43.4 Å². The molecule has 1 heterocycles. The molecule has 0 saturated heterocycles. The molecule has 134 valence electrons. The van der Waals surface area contributed by atoms with Crippen LogP contribution in [0.5, 0.6) is 0 Å². The summed E-state index contributed by atoms with van der Waals surface area (Å²) in [6, 6.07) is 8.73. The summed E-state index contributed by atoms with van der Waals surface area (Å²) in [4.78, 5) is 0. The van der Waals surface area contributed by atoms with Gasteiger partial charge in [0.25, 0.3) is 0 Å². The molecule has 1 aromatic carbocycles. The topological polar surface area (TPSA) is 25.2 Å². The van der Waals surface area contributed by atoms with Gasteiger partial charge < -0.3 is 9.73 Å². The van der Waals surface area contributed by atoms with E-state index in [2.05, 4.69) is 11.4 Å². The molecule has 0 spiro atoms. The van der Waals surface area contributed by atoms with Crippen LogP contribution >= 0.6 is 0 Å². The van der Waals surface area contributed by atoms with Crippen LogP contribution in [0.3, 0.4) is 0 Å². The molecular weight excluding hydrogens is 327 g/mol. The predicted molar refractivity (Wildman–Crippen MR) is 92.0 cm³/mol. The van der Waals surface area contributed by atoms with Crippen LogP contribution in [-0.4, -0.2) is 6.54 Å². The number of hydrogen-bond acceptors (Lipinski definition) is 2. The Bertz CT molecular complexity index is 731. The summed E-state index contributed by atoms with van der Waals surface area (Å²) in [7, 11) is 0. The maximum Gasteiger partial charge on any atom is 0.416 e. The summed E-state index contributed by atoms with van der Waals surface area (Å²) in [5, 5.41) is 3.33. The van der Waals surface area contributed by atoms with Crippen molar-refractivity contribution in [3.63, 3.8) is 0 Å². The van der Waals surface area contributed by atoms with Gasteiger partial charge in [0.15, 0.2) is 0 Å². The van der Waals surface area contributed by atoms with Gasteiger partial charge in [0.05, 0.1) is 12.1 Å². The van der Waals surface area contributed by atoms with E-state index in [-0.39, 0.29) is 0 Å².